The number of carbonyl (C=O) groups excluding carboxylic acids is 1. The molecule has 0 spiro atoms. The van der Waals surface area contributed by atoms with Gasteiger partial charge in [-0.3, -0.25) is 4.79 Å². The van der Waals surface area contributed by atoms with Gasteiger partial charge < -0.3 is 4.74 Å². The number of carbonyl (C=O) groups is 1. The molecule has 0 aliphatic carbocycles. The van der Waals surface area contributed by atoms with Crippen LogP contribution in [0.5, 0.6) is 0 Å². The molecule has 0 aliphatic heterocycles. The van der Waals surface area contributed by atoms with Gasteiger partial charge in [-0.25, -0.2) is 13.1 Å². The maximum Gasteiger partial charge on any atom is 0.208 e. The first kappa shape index (κ1) is 12.5. The Morgan fingerprint density at radius 1 is 1.38 bits per heavy atom. The molecule has 1 N–H and O–H groups in total. The van der Waals surface area contributed by atoms with Crippen LogP contribution in [-0.4, -0.2) is 40.7 Å². The standard InChI is InChI=1S/C7H15NO4S/c1-12-6-4-7(9)3-5-8-13(2,10)11/h8H,3-6H2,1-2H3. The highest BCUT2D eigenvalue weighted by Crippen LogP contribution is 1.89. The zero-order valence-electron chi connectivity index (χ0n) is 7.87. The van der Waals surface area contributed by atoms with Crippen LogP contribution in [-0.2, 0) is 19.6 Å². The van der Waals surface area contributed by atoms with E-state index in [0.29, 0.717) is 13.0 Å². The number of hydrogen-bond donors (Lipinski definition) is 1. The Kier molecular flexibility index (Phi) is 5.85. The topological polar surface area (TPSA) is 72.5 Å². The molecule has 78 valence electrons. The van der Waals surface area contributed by atoms with E-state index in [1.165, 1.54) is 7.11 Å². The van der Waals surface area contributed by atoms with Crippen molar-refractivity contribution in [3.05, 3.63) is 0 Å². The first-order valence-electron chi connectivity index (χ1n) is 3.91. The molecule has 0 aromatic rings. The summed E-state index contributed by atoms with van der Waals surface area (Å²) in [4.78, 5) is 11.0. The summed E-state index contributed by atoms with van der Waals surface area (Å²) in [6.07, 6.45) is 1.62. The molecule has 0 fully saturated rings. The van der Waals surface area contributed by atoms with Crippen LogP contribution >= 0.6 is 0 Å². The molecule has 0 saturated heterocycles. The summed E-state index contributed by atoms with van der Waals surface area (Å²) in [5.74, 6) is -0.00185. The first-order valence-corrected chi connectivity index (χ1v) is 5.80. The van der Waals surface area contributed by atoms with Gasteiger partial charge in [-0.15, -0.1) is 0 Å². The van der Waals surface area contributed by atoms with E-state index in [-0.39, 0.29) is 18.7 Å². The number of hydrogen-bond acceptors (Lipinski definition) is 4. The quantitative estimate of drug-likeness (QED) is 0.615. The average molecular weight is 209 g/mol. The highest BCUT2D eigenvalue weighted by molar-refractivity contribution is 7.88. The van der Waals surface area contributed by atoms with Crippen molar-refractivity contribution in [2.45, 2.75) is 12.8 Å². The minimum atomic E-state index is -3.17. The molecule has 0 unspecified atom stereocenters. The Labute approximate surface area is 78.5 Å². The van der Waals surface area contributed by atoms with Gasteiger partial charge in [0.1, 0.15) is 5.78 Å². The van der Waals surface area contributed by atoms with Gasteiger partial charge in [-0.1, -0.05) is 0 Å². The molecule has 5 nitrogen and oxygen atoms in total. The summed E-state index contributed by atoms with van der Waals surface area (Å²) in [5.41, 5.74) is 0. The van der Waals surface area contributed by atoms with E-state index in [9.17, 15) is 13.2 Å². The molecule has 0 atom stereocenters. The van der Waals surface area contributed by atoms with Crippen LogP contribution < -0.4 is 4.72 Å². The summed E-state index contributed by atoms with van der Waals surface area (Å²) in [6.45, 7) is 0.555. The molecular formula is C7H15NO4S. The number of rotatable bonds is 7. The van der Waals surface area contributed by atoms with Crippen molar-refractivity contribution in [1.29, 1.82) is 0 Å². The first-order chi connectivity index (χ1) is 5.95. The zero-order chi connectivity index (χ0) is 10.3. The van der Waals surface area contributed by atoms with Crippen molar-refractivity contribution >= 4 is 15.8 Å². The third-order valence-electron chi connectivity index (χ3n) is 1.35. The van der Waals surface area contributed by atoms with Crippen LogP contribution in [0.3, 0.4) is 0 Å². The Morgan fingerprint density at radius 3 is 2.46 bits per heavy atom. The summed E-state index contributed by atoms with van der Waals surface area (Å²) in [5, 5.41) is 0. The van der Waals surface area contributed by atoms with Crippen molar-refractivity contribution in [1.82, 2.24) is 4.72 Å². The maximum atomic E-state index is 11.0. The van der Waals surface area contributed by atoms with Gasteiger partial charge in [0.2, 0.25) is 10.0 Å². The van der Waals surface area contributed by atoms with E-state index < -0.39 is 10.0 Å². The number of methoxy groups -OCH3 is 1. The molecular weight excluding hydrogens is 194 g/mol. The molecule has 0 aliphatic rings. The van der Waals surface area contributed by atoms with Crippen molar-refractivity contribution < 1.29 is 17.9 Å². The second-order valence-electron chi connectivity index (χ2n) is 2.70. The van der Waals surface area contributed by atoms with E-state index >= 15 is 0 Å². The zero-order valence-corrected chi connectivity index (χ0v) is 8.69. The maximum absolute atomic E-state index is 11.0. The number of Topliss-reactive ketones (excluding diaryl/α,β-unsaturated/α-hetero) is 1. The van der Waals surface area contributed by atoms with E-state index in [0.717, 1.165) is 6.26 Å². The summed E-state index contributed by atoms with van der Waals surface area (Å²) in [6, 6.07) is 0. The van der Waals surface area contributed by atoms with Gasteiger partial charge in [0.25, 0.3) is 0 Å². The lowest BCUT2D eigenvalue weighted by molar-refractivity contribution is -0.119. The number of nitrogens with one attached hydrogen (secondary N) is 1. The lowest BCUT2D eigenvalue weighted by Gasteiger charge is -2.01. The lowest BCUT2D eigenvalue weighted by Crippen LogP contribution is -2.24. The van der Waals surface area contributed by atoms with Gasteiger partial charge in [-0.2, -0.15) is 0 Å². The molecule has 0 rings (SSSR count). The average Bonchev–Trinajstić information content (AvgIpc) is 1.98. The van der Waals surface area contributed by atoms with Crippen molar-refractivity contribution in [3.8, 4) is 0 Å². The Hall–Kier alpha value is -0.460. The van der Waals surface area contributed by atoms with Crippen LogP contribution in [0, 0.1) is 0 Å². The minimum Gasteiger partial charge on any atom is -0.384 e. The van der Waals surface area contributed by atoms with Gasteiger partial charge in [0.15, 0.2) is 0 Å². The molecule has 0 saturated carbocycles. The molecule has 6 heteroatoms. The molecule has 0 radical (unpaired) electrons. The van der Waals surface area contributed by atoms with Crippen molar-refractivity contribution in [3.63, 3.8) is 0 Å². The monoisotopic (exact) mass is 209 g/mol. The molecule has 0 aromatic carbocycles. The second-order valence-corrected chi connectivity index (χ2v) is 4.53. The normalized spacial score (nSPS) is 11.5. The summed E-state index contributed by atoms with van der Waals surface area (Å²) >= 11 is 0. The molecule has 0 bridgehead atoms. The Morgan fingerprint density at radius 2 is 2.00 bits per heavy atom. The summed E-state index contributed by atoms with van der Waals surface area (Å²) in [7, 11) is -1.66. The fraction of sp³-hybridized carbons (Fsp3) is 0.857. The molecule has 0 aromatic heterocycles. The molecule has 13 heavy (non-hydrogen) atoms. The SMILES string of the molecule is COCCC(=O)CCNS(C)(=O)=O. The van der Waals surface area contributed by atoms with Gasteiger partial charge in [0, 0.05) is 26.5 Å². The second kappa shape index (κ2) is 6.06. The van der Waals surface area contributed by atoms with Crippen LogP contribution in [0.15, 0.2) is 0 Å². The highest BCUT2D eigenvalue weighted by Gasteiger charge is 2.04. The predicted octanol–water partition coefficient (Wildman–Crippen LogP) is -0.469. The fourth-order valence-electron chi connectivity index (χ4n) is 0.717. The Bertz CT molecular complexity index is 247. The van der Waals surface area contributed by atoms with Crippen LogP contribution in [0.1, 0.15) is 12.8 Å². The van der Waals surface area contributed by atoms with Gasteiger partial charge in [0.05, 0.1) is 12.9 Å². The number of ether oxygens (including phenoxy) is 1. The fourth-order valence-corrected chi connectivity index (χ4v) is 1.19. The lowest BCUT2D eigenvalue weighted by atomic mass is 10.2. The highest BCUT2D eigenvalue weighted by atomic mass is 32.2. The number of ketones is 1. The van der Waals surface area contributed by atoms with E-state index in [1.54, 1.807) is 0 Å². The van der Waals surface area contributed by atoms with Crippen LogP contribution in [0.4, 0.5) is 0 Å². The third kappa shape index (κ3) is 9.45. The van der Waals surface area contributed by atoms with Gasteiger partial charge in [-0.05, 0) is 0 Å². The van der Waals surface area contributed by atoms with E-state index in [2.05, 4.69) is 4.72 Å². The van der Waals surface area contributed by atoms with Gasteiger partial charge >= 0.3 is 0 Å². The Balaban J connectivity index is 3.49. The minimum absolute atomic E-state index is 0.00185. The van der Waals surface area contributed by atoms with Crippen molar-refractivity contribution in [2.75, 3.05) is 26.5 Å². The van der Waals surface area contributed by atoms with Crippen molar-refractivity contribution in [2.24, 2.45) is 0 Å². The van der Waals surface area contributed by atoms with E-state index in [4.69, 9.17) is 4.74 Å². The van der Waals surface area contributed by atoms with Crippen LogP contribution in [0.25, 0.3) is 0 Å². The van der Waals surface area contributed by atoms with Crippen LogP contribution in [0.2, 0.25) is 0 Å². The molecule has 0 amide bonds. The smallest absolute Gasteiger partial charge is 0.208 e. The largest absolute Gasteiger partial charge is 0.384 e. The third-order valence-corrected chi connectivity index (χ3v) is 2.08. The van der Waals surface area contributed by atoms with E-state index in [1.807, 2.05) is 0 Å². The number of sulfonamides is 1. The predicted molar refractivity (Wildman–Crippen MR) is 49.0 cm³/mol. The molecule has 0 heterocycles. The summed E-state index contributed by atoms with van der Waals surface area (Å²) < 4.78 is 28.1.